The molecule has 7 nitrogen and oxygen atoms in total. The molecule has 2 atom stereocenters. The molecule has 1 saturated heterocycles. The SMILES string of the molecule is Cn1ccc(NC(=O)NC2CN(Cc3ccccc3)CCC2CO)n1. The molecule has 1 aromatic carbocycles. The van der Waals surface area contributed by atoms with Crippen LogP contribution >= 0.6 is 0 Å². The van der Waals surface area contributed by atoms with Crippen molar-refractivity contribution in [2.45, 2.75) is 19.0 Å². The number of likely N-dealkylation sites (tertiary alicyclic amines) is 1. The topological polar surface area (TPSA) is 82.4 Å². The van der Waals surface area contributed by atoms with Crippen molar-refractivity contribution in [2.75, 3.05) is 25.0 Å². The molecule has 1 aromatic heterocycles. The third-order valence-corrected chi connectivity index (χ3v) is 4.60. The van der Waals surface area contributed by atoms with Gasteiger partial charge in [-0.05, 0) is 18.5 Å². The number of aromatic nitrogens is 2. The number of aryl methyl sites for hydroxylation is 1. The number of aliphatic hydroxyl groups is 1. The highest BCUT2D eigenvalue weighted by Crippen LogP contribution is 2.19. The fourth-order valence-electron chi connectivity index (χ4n) is 3.24. The maximum absolute atomic E-state index is 12.2. The van der Waals surface area contributed by atoms with Crippen LogP contribution in [0.4, 0.5) is 10.6 Å². The van der Waals surface area contributed by atoms with E-state index in [9.17, 15) is 9.90 Å². The molecule has 0 bridgehead atoms. The average molecular weight is 343 g/mol. The number of hydrogen-bond acceptors (Lipinski definition) is 4. The lowest BCUT2D eigenvalue weighted by molar-refractivity contribution is 0.0958. The molecular weight excluding hydrogens is 318 g/mol. The smallest absolute Gasteiger partial charge is 0.320 e. The first-order valence-corrected chi connectivity index (χ1v) is 8.58. The van der Waals surface area contributed by atoms with Crippen molar-refractivity contribution in [1.29, 1.82) is 0 Å². The van der Waals surface area contributed by atoms with E-state index in [2.05, 4.69) is 32.8 Å². The van der Waals surface area contributed by atoms with Gasteiger partial charge in [0.25, 0.3) is 0 Å². The van der Waals surface area contributed by atoms with Gasteiger partial charge in [-0.25, -0.2) is 4.79 Å². The van der Waals surface area contributed by atoms with Gasteiger partial charge in [0, 0.05) is 51.0 Å². The van der Waals surface area contributed by atoms with E-state index in [0.717, 1.165) is 26.1 Å². The van der Waals surface area contributed by atoms with Crippen molar-refractivity contribution in [3.63, 3.8) is 0 Å². The minimum Gasteiger partial charge on any atom is -0.396 e. The summed E-state index contributed by atoms with van der Waals surface area (Å²) in [4.78, 5) is 14.6. The van der Waals surface area contributed by atoms with Gasteiger partial charge < -0.3 is 10.4 Å². The molecule has 7 heteroatoms. The lowest BCUT2D eigenvalue weighted by Crippen LogP contribution is -2.54. The maximum Gasteiger partial charge on any atom is 0.320 e. The first-order chi connectivity index (χ1) is 12.1. The number of benzene rings is 1. The summed E-state index contributed by atoms with van der Waals surface area (Å²) in [5.41, 5.74) is 1.25. The van der Waals surface area contributed by atoms with Crippen LogP contribution < -0.4 is 10.6 Å². The van der Waals surface area contributed by atoms with E-state index in [1.807, 2.05) is 18.2 Å². The van der Waals surface area contributed by atoms with Crippen molar-refractivity contribution in [1.82, 2.24) is 20.0 Å². The summed E-state index contributed by atoms with van der Waals surface area (Å²) in [5, 5.41) is 19.5. The number of urea groups is 1. The highest BCUT2D eigenvalue weighted by Gasteiger charge is 2.30. The largest absolute Gasteiger partial charge is 0.396 e. The number of aliphatic hydroxyl groups excluding tert-OH is 1. The van der Waals surface area contributed by atoms with Crippen LogP contribution in [0.2, 0.25) is 0 Å². The van der Waals surface area contributed by atoms with Crippen LogP contribution in [-0.4, -0.2) is 51.6 Å². The number of rotatable bonds is 5. The zero-order valence-electron chi connectivity index (χ0n) is 14.4. The molecule has 0 aliphatic carbocycles. The Bertz CT molecular complexity index is 688. The second kappa shape index (κ2) is 8.13. The Morgan fingerprint density at radius 3 is 2.80 bits per heavy atom. The van der Waals surface area contributed by atoms with Gasteiger partial charge in [-0.15, -0.1) is 0 Å². The van der Waals surface area contributed by atoms with Gasteiger partial charge in [-0.3, -0.25) is 14.9 Å². The first kappa shape index (κ1) is 17.4. The normalized spacial score (nSPS) is 21.0. The molecule has 2 heterocycles. The Hall–Kier alpha value is -2.38. The summed E-state index contributed by atoms with van der Waals surface area (Å²) in [6.07, 6.45) is 2.63. The molecule has 3 rings (SSSR count). The molecule has 2 aromatic rings. The number of piperidine rings is 1. The standard InChI is InChI=1S/C18H25N5O2/c1-22-9-8-17(21-22)20-18(25)19-16-12-23(10-7-15(16)13-24)11-14-5-3-2-4-6-14/h2-6,8-9,15-16,24H,7,10-13H2,1H3,(H2,19,20,21,25). The first-order valence-electron chi connectivity index (χ1n) is 8.58. The van der Waals surface area contributed by atoms with Crippen LogP contribution in [-0.2, 0) is 13.6 Å². The Kier molecular flexibility index (Phi) is 5.67. The minimum atomic E-state index is -0.288. The quantitative estimate of drug-likeness (QED) is 0.767. The van der Waals surface area contributed by atoms with Gasteiger partial charge in [-0.1, -0.05) is 30.3 Å². The molecule has 134 valence electrons. The van der Waals surface area contributed by atoms with Crippen LogP contribution in [0.1, 0.15) is 12.0 Å². The van der Waals surface area contributed by atoms with E-state index in [1.54, 1.807) is 24.0 Å². The van der Waals surface area contributed by atoms with Crippen LogP contribution in [0.5, 0.6) is 0 Å². The predicted molar refractivity (Wildman–Crippen MR) is 96.1 cm³/mol. The molecular formula is C18H25N5O2. The van der Waals surface area contributed by atoms with E-state index in [-0.39, 0.29) is 24.6 Å². The fourth-order valence-corrected chi connectivity index (χ4v) is 3.24. The molecule has 1 aliphatic rings. The van der Waals surface area contributed by atoms with Crippen molar-refractivity contribution in [2.24, 2.45) is 13.0 Å². The third-order valence-electron chi connectivity index (χ3n) is 4.60. The number of carbonyl (C=O) groups excluding carboxylic acids is 1. The Labute approximate surface area is 147 Å². The molecule has 0 saturated carbocycles. The van der Waals surface area contributed by atoms with Crippen LogP contribution in [0.15, 0.2) is 42.6 Å². The third kappa shape index (κ3) is 4.80. The monoisotopic (exact) mass is 343 g/mol. The second-order valence-corrected chi connectivity index (χ2v) is 6.53. The Morgan fingerprint density at radius 1 is 1.32 bits per heavy atom. The summed E-state index contributed by atoms with van der Waals surface area (Å²) in [7, 11) is 1.80. The minimum absolute atomic E-state index is 0.0708. The van der Waals surface area contributed by atoms with Gasteiger partial charge in [0.1, 0.15) is 0 Å². The highest BCUT2D eigenvalue weighted by atomic mass is 16.3. The van der Waals surface area contributed by atoms with E-state index in [0.29, 0.717) is 5.82 Å². The van der Waals surface area contributed by atoms with Crippen LogP contribution in [0, 0.1) is 5.92 Å². The van der Waals surface area contributed by atoms with Gasteiger partial charge in [-0.2, -0.15) is 5.10 Å². The van der Waals surface area contributed by atoms with Gasteiger partial charge in [0.2, 0.25) is 0 Å². The number of hydrogen-bond donors (Lipinski definition) is 3. The van der Waals surface area contributed by atoms with E-state index >= 15 is 0 Å². The second-order valence-electron chi connectivity index (χ2n) is 6.53. The predicted octanol–water partition coefficient (Wildman–Crippen LogP) is 1.42. The number of carbonyl (C=O) groups is 1. The highest BCUT2D eigenvalue weighted by molar-refractivity contribution is 5.88. The maximum atomic E-state index is 12.2. The number of anilines is 1. The fraction of sp³-hybridized carbons (Fsp3) is 0.444. The van der Waals surface area contributed by atoms with Gasteiger partial charge >= 0.3 is 6.03 Å². The van der Waals surface area contributed by atoms with Crippen LogP contribution in [0.3, 0.4) is 0 Å². The zero-order valence-corrected chi connectivity index (χ0v) is 14.4. The molecule has 0 radical (unpaired) electrons. The number of nitrogens with one attached hydrogen (secondary N) is 2. The van der Waals surface area contributed by atoms with Crippen molar-refractivity contribution >= 4 is 11.8 Å². The van der Waals surface area contributed by atoms with Gasteiger partial charge in [0.05, 0.1) is 0 Å². The Balaban J connectivity index is 1.57. The molecule has 0 spiro atoms. The summed E-state index contributed by atoms with van der Waals surface area (Å²) in [6, 6.07) is 11.6. The van der Waals surface area contributed by atoms with E-state index in [4.69, 9.17) is 0 Å². The summed E-state index contributed by atoms with van der Waals surface area (Å²) >= 11 is 0. The molecule has 2 amide bonds. The summed E-state index contributed by atoms with van der Waals surface area (Å²) in [6.45, 7) is 2.56. The number of amides is 2. The number of nitrogens with zero attached hydrogens (tertiary/aromatic N) is 3. The molecule has 25 heavy (non-hydrogen) atoms. The van der Waals surface area contributed by atoms with E-state index < -0.39 is 0 Å². The molecule has 1 fully saturated rings. The van der Waals surface area contributed by atoms with Crippen molar-refractivity contribution in [3.8, 4) is 0 Å². The average Bonchev–Trinajstić information content (AvgIpc) is 3.01. The van der Waals surface area contributed by atoms with E-state index in [1.165, 1.54) is 5.56 Å². The van der Waals surface area contributed by atoms with Crippen molar-refractivity contribution in [3.05, 3.63) is 48.2 Å². The molecule has 1 aliphatic heterocycles. The summed E-state index contributed by atoms with van der Waals surface area (Å²) in [5.74, 6) is 0.582. The van der Waals surface area contributed by atoms with Gasteiger partial charge in [0.15, 0.2) is 5.82 Å². The molecule has 2 unspecified atom stereocenters. The lowest BCUT2D eigenvalue weighted by atomic mass is 9.92. The molecule has 3 N–H and O–H groups in total. The zero-order chi connectivity index (χ0) is 17.6. The lowest BCUT2D eigenvalue weighted by Gasteiger charge is -2.38. The Morgan fingerprint density at radius 2 is 2.12 bits per heavy atom. The summed E-state index contributed by atoms with van der Waals surface area (Å²) < 4.78 is 1.63. The van der Waals surface area contributed by atoms with Crippen LogP contribution in [0.25, 0.3) is 0 Å². The van der Waals surface area contributed by atoms with Crippen molar-refractivity contribution < 1.29 is 9.90 Å².